The zero-order valence-electron chi connectivity index (χ0n) is 13.1. The number of aromatic nitrogens is 2. The summed E-state index contributed by atoms with van der Waals surface area (Å²) in [5, 5.41) is 7.98. The largest absolute Gasteiger partial charge is 0.352 e. The van der Waals surface area contributed by atoms with Crippen molar-refractivity contribution in [3.05, 3.63) is 52.3 Å². The fourth-order valence-electron chi connectivity index (χ4n) is 2.38. The topological polar surface area (TPSA) is 46.9 Å². The molecule has 118 valence electrons. The summed E-state index contributed by atoms with van der Waals surface area (Å²) >= 11 is 6.12. The first kappa shape index (κ1) is 16.6. The molecule has 0 bridgehead atoms. The van der Waals surface area contributed by atoms with Crippen LogP contribution in [0.15, 0.2) is 30.5 Å². The Hall–Kier alpha value is -1.81. The van der Waals surface area contributed by atoms with Gasteiger partial charge in [-0.2, -0.15) is 5.10 Å². The van der Waals surface area contributed by atoms with Gasteiger partial charge in [0.2, 0.25) is 0 Å². The second-order valence-electron chi connectivity index (χ2n) is 5.32. The quantitative estimate of drug-likeness (QED) is 0.792. The molecule has 0 spiro atoms. The second kappa shape index (κ2) is 7.99. The molecule has 1 heterocycles. The highest BCUT2D eigenvalue weighted by molar-refractivity contribution is 6.31. The number of carbonyl (C=O) groups is 1. The molecule has 0 aliphatic carbocycles. The van der Waals surface area contributed by atoms with E-state index < -0.39 is 0 Å². The van der Waals surface area contributed by atoms with Crippen molar-refractivity contribution in [2.45, 2.75) is 39.7 Å². The molecule has 0 atom stereocenters. The predicted molar refractivity (Wildman–Crippen MR) is 89.4 cm³/mol. The number of nitrogens with one attached hydrogen (secondary N) is 1. The highest BCUT2D eigenvalue weighted by Gasteiger charge is 2.13. The number of halogens is 1. The lowest BCUT2D eigenvalue weighted by Crippen LogP contribution is -2.25. The summed E-state index contributed by atoms with van der Waals surface area (Å²) in [6.45, 7) is 5.49. The zero-order chi connectivity index (χ0) is 15.9. The molecule has 1 aromatic heterocycles. The van der Waals surface area contributed by atoms with Crippen molar-refractivity contribution in [2.75, 3.05) is 6.54 Å². The molecule has 0 radical (unpaired) electrons. The predicted octanol–water partition coefficient (Wildman–Crippen LogP) is 3.62. The molecule has 0 aliphatic heterocycles. The molecule has 1 N–H and O–H groups in total. The third-order valence-electron chi connectivity index (χ3n) is 3.65. The Morgan fingerprint density at radius 1 is 1.36 bits per heavy atom. The first-order valence-corrected chi connectivity index (χ1v) is 8.05. The Morgan fingerprint density at radius 2 is 2.14 bits per heavy atom. The van der Waals surface area contributed by atoms with Gasteiger partial charge in [-0.3, -0.25) is 9.48 Å². The monoisotopic (exact) mass is 319 g/mol. The number of benzene rings is 1. The van der Waals surface area contributed by atoms with E-state index in [0.717, 1.165) is 42.1 Å². The molecule has 0 saturated heterocycles. The van der Waals surface area contributed by atoms with Crippen LogP contribution in [0.25, 0.3) is 0 Å². The Balaban J connectivity index is 1.82. The molecule has 0 unspecified atom stereocenters. The molecule has 0 fully saturated rings. The standard InChI is InChI=1S/C17H22ClN3O/c1-3-11-21-13(2)15(12-20-21)17(22)19-10-6-8-14-7-4-5-9-16(14)18/h4-5,7,9,12H,3,6,8,10-11H2,1-2H3,(H,19,22). The molecular weight excluding hydrogens is 298 g/mol. The minimum absolute atomic E-state index is 0.0565. The maximum absolute atomic E-state index is 12.2. The van der Waals surface area contributed by atoms with Crippen LogP contribution in [-0.2, 0) is 13.0 Å². The van der Waals surface area contributed by atoms with Gasteiger partial charge in [0.25, 0.3) is 5.91 Å². The second-order valence-corrected chi connectivity index (χ2v) is 5.72. The van der Waals surface area contributed by atoms with E-state index >= 15 is 0 Å². The zero-order valence-corrected chi connectivity index (χ0v) is 13.9. The molecule has 1 amide bonds. The molecule has 0 aliphatic rings. The molecule has 1 aromatic carbocycles. The van der Waals surface area contributed by atoms with Crippen molar-refractivity contribution in [1.29, 1.82) is 0 Å². The summed E-state index contributed by atoms with van der Waals surface area (Å²) in [5.74, 6) is -0.0565. The minimum atomic E-state index is -0.0565. The van der Waals surface area contributed by atoms with Crippen molar-refractivity contribution >= 4 is 17.5 Å². The van der Waals surface area contributed by atoms with E-state index in [9.17, 15) is 4.79 Å². The number of carbonyl (C=O) groups excluding carboxylic acids is 1. The number of aryl methyl sites for hydroxylation is 2. The number of hydrogen-bond acceptors (Lipinski definition) is 2. The molecule has 2 rings (SSSR count). The average molecular weight is 320 g/mol. The summed E-state index contributed by atoms with van der Waals surface area (Å²) in [6, 6.07) is 7.81. The van der Waals surface area contributed by atoms with Crippen LogP contribution < -0.4 is 5.32 Å². The summed E-state index contributed by atoms with van der Waals surface area (Å²) in [5.41, 5.74) is 2.70. The average Bonchev–Trinajstić information content (AvgIpc) is 2.87. The van der Waals surface area contributed by atoms with Gasteiger partial charge in [0.15, 0.2) is 0 Å². The van der Waals surface area contributed by atoms with Crippen molar-refractivity contribution in [1.82, 2.24) is 15.1 Å². The maximum atomic E-state index is 12.2. The lowest BCUT2D eigenvalue weighted by Gasteiger charge is -2.07. The van der Waals surface area contributed by atoms with Crippen LogP contribution >= 0.6 is 11.6 Å². The van der Waals surface area contributed by atoms with Gasteiger partial charge >= 0.3 is 0 Å². The van der Waals surface area contributed by atoms with Gasteiger partial charge in [0.1, 0.15) is 0 Å². The summed E-state index contributed by atoms with van der Waals surface area (Å²) in [6.07, 6.45) is 4.36. The van der Waals surface area contributed by atoms with Crippen LogP contribution in [0.3, 0.4) is 0 Å². The van der Waals surface area contributed by atoms with Gasteiger partial charge < -0.3 is 5.32 Å². The molecular formula is C17H22ClN3O. The van der Waals surface area contributed by atoms with Crippen molar-refractivity contribution in [3.63, 3.8) is 0 Å². The van der Waals surface area contributed by atoms with E-state index in [0.29, 0.717) is 12.1 Å². The Bertz CT molecular complexity index is 637. The smallest absolute Gasteiger partial charge is 0.254 e. The number of hydrogen-bond donors (Lipinski definition) is 1. The third-order valence-corrected chi connectivity index (χ3v) is 4.02. The van der Waals surface area contributed by atoms with Gasteiger partial charge in [-0.25, -0.2) is 0 Å². The van der Waals surface area contributed by atoms with Crippen LogP contribution in [0.1, 0.15) is 41.4 Å². The first-order chi connectivity index (χ1) is 10.6. The Kier molecular flexibility index (Phi) is 6.01. The lowest BCUT2D eigenvalue weighted by molar-refractivity contribution is 0.0952. The van der Waals surface area contributed by atoms with E-state index in [2.05, 4.69) is 17.3 Å². The highest BCUT2D eigenvalue weighted by Crippen LogP contribution is 2.16. The van der Waals surface area contributed by atoms with Gasteiger partial charge in [0.05, 0.1) is 11.8 Å². The first-order valence-electron chi connectivity index (χ1n) is 7.67. The van der Waals surface area contributed by atoms with Crippen molar-refractivity contribution in [3.8, 4) is 0 Å². The van der Waals surface area contributed by atoms with Gasteiger partial charge in [0, 0.05) is 23.8 Å². The highest BCUT2D eigenvalue weighted by atomic mass is 35.5. The molecule has 22 heavy (non-hydrogen) atoms. The summed E-state index contributed by atoms with van der Waals surface area (Å²) in [4.78, 5) is 12.2. The van der Waals surface area contributed by atoms with Crippen molar-refractivity contribution < 1.29 is 4.79 Å². The van der Waals surface area contributed by atoms with Gasteiger partial charge in [-0.1, -0.05) is 36.7 Å². The van der Waals surface area contributed by atoms with Crippen LogP contribution in [0.5, 0.6) is 0 Å². The minimum Gasteiger partial charge on any atom is -0.352 e. The van der Waals surface area contributed by atoms with Crippen LogP contribution in [-0.4, -0.2) is 22.2 Å². The normalized spacial score (nSPS) is 10.7. The number of rotatable bonds is 7. The van der Waals surface area contributed by atoms with Crippen LogP contribution in [0, 0.1) is 6.92 Å². The van der Waals surface area contributed by atoms with E-state index in [1.165, 1.54) is 0 Å². The van der Waals surface area contributed by atoms with E-state index in [1.807, 2.05) is 35.9 Å². The van der Waals surface area contributed by atoms with Crippen LogP contribution in [0.4, 0.5) is 0 Å². The molecule has 2 aromatic rings. The number of nitrogens with zero attached hydrogens (tertiary/aromatic N) is 2. The summed E-state index contributed by atoms with van der Waals surface area (Å²) < 4.78 is 1.87. The van der Waals surface area contributed by atoms with Gasteiger partial charge in [-0.05, 0) is 37.8 Å². The molecule has 5 heteroatoms. The fraction of sp³-hybridized carbons (Fsp3) is 0.412. The fourth-order valence-corrected chi connectivity index (χ4v) is 2.61. The maximum Gasteiger partial charge on any atom is 0.254 e. The lowest BCUT2D eigenvalue weighted by atomic mass is 10.1. The van der Waals surface area contributed by atoms with E-state index in [-0.39, 0.29) is 5.91 Å². The SMILES string of the molecule is CCCn1ncc(C(=O)NCCCc2ccccc2Cl)c1C. The molecule has 4 nitrogen and oxygen atoms in total. The van der Waals surface area contributed by atoms with Crippen LogP contribution in [0.2, 0.25) is 5.02 Å². The van der Waals surface area contributed by atoms with Gasteiger partial charge in [-0.15, -0.1) is 0 Å². The third kappa shape index (κ3) is 4.10. The number of amides is 1. The molecule has 0 saturated carbocycles. The van der Waals surface area contributed by atoms with E-state index in [4.69, 9.17) is 11.6 Å². The van der Waals surface area contributed by atoms with E-state index in [1.54, 1.807) is 6.20 Å². The Morgan fingerprint density at radius 3 is 2.86 bits per heavy atom. The van der Waals surface area contributed by atoms with Crippen molar-refractivity contribution in [2.24, 2.45) is 0 Å². The Labute approximate surface area is 136 Å². The summed E-state index contributed by atoms with van der Waals surface area (Å²) in [7, 11) is 0.